The fourth-order valence-electron chi connectivity index (χ4n) is 2.95. The van der Waals surface area contributed by atoms with Gasteiger partial charge in [0.05, 0.1) is 5.56 Å². The normalized spacial score (nSPS) is 17.2. The van der Waals surface area contributed by atoms with E-state index in [1.807, 2.05) is 20.8 Å². The molecule has 1 aliphatic rings. The van der Waals surface area contributed by atoms with Crippen LogP contribution in [0.15, 0.2) is 24.3 Å². The van der Waals surface area contributed by atoms with Crippen LogP contribution in [0.3, 0.4) is 0 Å². The van der Waals surface area contributed by atoms with E-state index in [4.69, 9.17) is 4.74 Å². The number of carbonyl (C=O) groups is 1. The average molecular weight is 372 g/mol. The van der Waals surface area contributed by atoms with E-state index in [-0.39, 0.29) is 0 Å². The topological polar surface area (TPSA) is 41.6 Å². The summed E-state index contributed by atoms with van der Waals surface area (Å²) in [5.41, 5.74) is -0.244. The molecule has 0 radical (unpaired) electrons. The molecule has 1 heterocycles. The third-order valence-electron chi connectivity index (χ3n) is 4.33. The molecule has 1 N–H and O–H groups in total. The molecule has 146 valence electrons. The first-order valence-electron chi connectivity index (χ1n) is 8.88. The maximum atomic E-state index is 12.6. The number of hydrogen-bond donors (Lipinski definition) is 1. The number of ether oxygens (including phenoxy) is 1. The second-order valence-electron chi connectivity index (χ2n) is 7.80. The molecule has 0 bridgehead atoms. The van der Waals surface area contributed by atoms with Crippen LogP contribution in [-0.4, -0.2) is 36.2 Å². The molecular weight excluding hydrogens is 345 g/mol. The summed E-state index contributed by atoms with van der Waals surface area (Å²) in [4.78, 5) is 13.9. The molecule has 0 atom stereocenters. The first-order valence-corrected chi connectivity index (χ1v) is 8.88. The monoisotopic (exact) mass is 372 g/mol. The van der Waals surface area contributed by atoms with Crippen LogP contribution < -0.4 is 5.32 Å². The Balaban J connectivity index is 1.72. The number of benzene rings is 1. The van der Waals surface area contributed by atoms with Crippen LogP contribution in [0.2, 0.25) is 0 Å². The van der Waals surface area contributed by atoms with Crippen molar-refractivity contribution in [3.63, 3.8) is 0 Å². The van der Waals surface area contributed by atoms with Gasteiger partial charge in [0.1, 0.15) is 5.60 Å². The van der Waals surface area contributed by atoms with E-state index < -0.39 is 23.4 Å². The number of nitrogens with zero attached hydrogens (tertiary/aromatic N) is 1. The first-order chi connectivity index (χ1) is 12.0. The maximum Gasteiger partial charge on any atom is 0.416 e. The summed E-state index contributed by atoms with van der Waals surface area (Å²) in [7, 11) is 0. The van der Waals surface area contributed by atoms with E-state index >= 15 is 0 Å². The van der Waals surface area contributed by atoms with Crippen molar-refractivity contribution < 1.29 is 22.7 Å². The number of nitrogens with one attached hydrogen (secondary N) is 1. The Morgan fingerprint density at radius 2 is 1.73 bits per heavy atom. The van der Waals surface area contributed by atoms with Gasteiger partial charge in [-0.2, -0.15) is 13.2 Å². The molecule has 1 aromatic rings. The quantitative estimate of drug-likeness (QED) is 0.849. The Bertz CT molecular complexity index is 586. The lowest BCUT2D eigenvalue weighted by Gasteiger charge is -2.32. The summed E-state index contributed by atoms with van der Waals surface area (Å²) < 4.78 is 43.0. The molecular formula is C19H27F3N2O2. The summed E-state index contributed by atoms with van der Waals surface area (Å²) in [6.45, 7) is 8.43. The van der Waals surface area contributed by atoms with Gasteiger partial charge in [0.15, 0.2) is 0 Å². The van der Waals surface area contributed by atoms with Crippen molar-refractivity contribution in [1.29, 1.82) is 0 Å². The fraction of sp³-hybridized carbons (Fsp3) is 0.632. The molecule has 4 nitrogen and oxygen atoms in total. The van der Waals surface area contributed by atoms with Gasteiger partial charge in [0.2, 0.25) is 0 Å². The van der Waals surface area contributed by atoms with Gasteiger partial charge in [-0.05, 0) is 70.3 Å². The standard InChI is InChI=1S/C19H27F3N2O2/c1-18(2,3)26-17(25)23-12-14-8-10-24(11-9-14)13-15-4-6-16(7-5-15)19(20,21)22/h4-7,14H,8-13H2,1-3H3,(H,23,25). The van der Waals surface area contributed by atoms with Crippen molar-refractivity contribution in [2.45, 2.75) is 51.9 Å². The number of likely N-dealkylation sites (tertiary alicyclic amines) is 1. The molecule has 7 heteroatoms. The molecule has 0 spiro atoms. The highest BCUT2D eigenvalue weighted by Crippen LogP contribution is 2.29. The molecule has 26 heavy (non-hydrogen) atoms. The van der Waals surface area contributed by atoms with E-state index in [0.717, 1.165) is 43.6 Å². The lowest BCUT2D eigenvalue weighted by atomic mass is 9.96. The Morgan fingerprint density at radius 3 is 2.23 bits per heavy atom. The minimum Gasteiger partial charge on any atom is -0.444 e. The Hall–Kier alpha value is -1.76. The lowest BCUT2D eigenvalue weighted by molar-refractivity contribution is -0.137. The molecule has 0 aliphatic carbocycles. The van der Waals surface area contributed by atoms with E-state index in [0.29, 0.717) is 19.0 Å². The predicted octanol–water partition coefficient (Wildman–Crippen LogP) is 4.44. The van der Waals surface area contributed by atoms with Gasteiger partial charge < -0.3 is 10.1 Å². The minimum absolute atomic E-state index is 0.395. The number of piperidine rings is 1. The van der Waals surface area contributed by atoms with Gasteiger partial charge in [-0.1, -0.05) is 12.1 Å². The van der Waals surface area contributed by atoms with Crippen molar-refractivity contribution in [2.75, 3.05) is 19.6 Å². The average Bonchev–Trinajstić information content (AvgIpc) is 2.52. The van der Waals surface area contributed by atoms with E-state index in [1.54, 1.807) is 12.1 Å². The highest BCUT2D eigenvalue weighted by atomic mass is 19.4. The van der Waals surface area contributed by atoms with Crippen LogP contribution in [0.1, 0.15) is 44.7 Å². The zero-order valence-corrected chi connectivity index (χ0v) is 15.5. The number of hydrogen-bond acceptors (Lipinski definition) is 3. The summed E-state index contributed by atoms with van der Waals surface area (Å²) in [5, 5.41) is 2.81. The SMILES string of the molecule is CC(C)(C)OC(=O)NCC1CCN(Cc2ccc(C(F)(F)F)cc2)CC1. The van der Waals surface area contributed by atoms with Gasteiger partial charge in [-0.15, -0.1) is 0 Å². The maximum absolute atomic E-state index is 12.6. The van der Waals surface area contributed by atoms with Crippen LogP contribution in [-0.2, 0) is 17.5 Å². The molecule has 0 unspecified atom stereocenters. The molecule has 0 aromatic heterocycles. The van der Waals surface area contributed by atoms with Gasteiger partial charge in [-0.3, -0.25) is 4.90 Å². The number of alkyl halides is 3. The number of rotatable bonds is 4. The molecule has 1 aromatic carbocycles. The van der Waals surface area contributed by atoms with Crippen LogP contribution in [0.4, 0.5) is 18.0 Å². The van der Waals surface area contributed by atoms with Gasteiger partial charge in [0, 0.05) is 13.1 Å². The zero-order chi connectivity index (χ0) is 19.4. The highest BCUT2D eigenvalue weighted by Gasteiger charge is 2.30. The largest absolute Gasteiger partial charge is 0.444 e. The highest BCUT2D eigenvalue weighted by molar-refractivity contribution is 5.67. The molecule has 1 amide bonds. The van der Waals surface area contributed by atoms with E-state index in [9.17, 15) is 18.0 Å². The van der Waals surface area contributed by atoms with Crippen LogP contribution in [0.5, 0.6) is 0 Å². The third-order valence-corrected chi connectivity index (χ3v) is 4.33. The van der Waals surface area contributed by atoms with Crippen molar-refractivity contribution in [3.8, 4) is 0 Å². The Kier molecular flexibility index (Phi) is 6.55. The number of amides is 1. The Labute approximate surface area is 152 Å². The zero-order valence-electron chi connectivity index (χ0n) is 15.5. The number of alkyl carbamates (subject to hydrolysis) is 1. The van der Waals surface area contributed by atoms with Gasteiger partial charge in [-0.25, -0.2) is 4.79 Å². The molecule has 2 rings (SSSR count). The van der Waals surface area contributed by atoms with Crippen LogP contribution in [0.25, 0.3) is 0 Å². The summed E-state index contributed by atoms with van der Waals surface area (Å²) in [5.74, 6) is 0.395. The smallest absolute Gasteiger partial charge is 0.416 e. The summed E-state index contributed by atoms with van der Waals surface area (Å²) in [6, 6.07) is 5.34. The van der Waals surface area contributed by atoms with E-state index in [1.165, 1.54) is 0 Å². The minimum atomic E-state index is -4.29. The number of carbonyl (C=O) groups excluding carboxylic acids is 1. The molecule has 0 saturated carbocycles. The third kappa shape index (κ3) is 6.86. The van der Waals surface area contributed by atoms with Crippen molar-refractivity contribution >= 4 is 6.09 Å². The Morgan fingerprint density at radius 1 is 1.15 bits per heavy atom. The summed E-state index contributed by atoms with van der Waals surface area (Å²) in [6.07, 6.45) is -2.81. The summed E-state index contributed by atoms with van der Waals surface area (Å²) >= 11 is 0. The fourth-order valence-corrected chi connectivity index (χ4v) is 2.95. The number of halogens is 3. The second kappa shape index (κ2) is 8.29. The lowest BCUT2D eigenvalue weighted by Crippen LogP contribution is -2.40. The second-order valence-corrected chi connectivity index (χ2v) is 7.80. The first kappa shape index (κ1) is 20.6. The van der Waals surface area contributed by atoms with Gasteiger partial charge >= 0.3 is 12.3 Å². The van der Waals surface area contributed by atoms with E-state index in [2.05, 4.69) is 10.2 Å². The van der Waals surface area contributed by atoms with Crippen LogP contribution >= 0.6 is 0 Å². The predicted molar refractivity (Wildman–Crippen MR) is 93.7 cm³/mol. The molecule has 1 aliphatic heterocycles. The van der Waals surface area contributed by atoms with Crippen molar-refractivity contribution in [1.82, 2.24) is 10.2 Å². The van der Waals surface area contributed by atoms with Gasteiger partial charge in [0.25, 0.3) is 0 Å². The van der Waals surface area contributed by atoms with Crippen molar-refractivity contribution in [2.24, 2.45) is 5.92 Å². The molecule has 1 saturated heterocycles. The van der Waals surface area contributed by atoms with Crippen LogP contribution in [0, 0.1) is 5.92 Å². The van der Waals surface area contributed by atoms with Crippen molar-refractivity contribution in [3.05, 3.63) is 35.4 Å². The molecule has 1 fully saturated rings.